The van der Waals surface area contributed by atoms with Crippen molar-refractivity contribution in [2.24, 2.45) is 0 Å². The van der Waals surface area contributed by atoms with Crippen LogP contribution < -0.4 is 14.4 Å². The average molecular weight is 459 g/mol. The molecule has 0 amide bonds. The Morgan fingerprint density at radius 1 is 0.882 bits per heavy atom. The molecular formula is C28H30N2O4. The SMILES string of the molecule is COc1ccccc1N1CCN(CCCOC(=O)C2c3ccccc3Oc3ccccc32)CC1. The molecule has 3 aromatic carbocycles. The number of piperazine rings is 1. The number of nitrogens with zero attached hydrogens (tertiary/aromatic N) is 2. The second kappa shape index (κ2) is 10.2. The first-order chi connectivity index (χ1) is 16.7. The number of benzene rings is 3. The van der Waals surface area contributed by atoms with E-state index in [-0.39, 0.29) is 5.97 Å². The van der Waals surface area contributed by atoms with E-state index in [0.717, 1.165) is 73.2 Å². The van der Waals surface area contributed by atoms with Crippen molar-refractivity contribution < 1.29 is 19.0 Å². The Bertz CT molecular complexity index is 1100. The summed E-state index contributed by atoms with van der Waals surface area (Å²) in [5.74, 6) is 1.68. The molecule has 3 aromatic rings. The summed E-state index contributed by atoms with van der Waals surface area (Å²) in [6.07, 6.45) is 0.812. The molecule has 6 nitrogen and oxygen atoms in total. The van der Waals surface area contributed by atoms with E-state index in [1.54, 1.807) is 7.11 Å². The first-order valence-corrected chi connectivity index (χ1v) is 11.9. The van der Waals surface area contributed by atoms with Crippen molar-refractivity contribution in [2.45, 2.75) is 12.3 Å². The Morgan fingerprint density at radius 3 is 2.18 bits per heavy atom. The minimum atomic E-state index is -0.453. The maximum absolute atomic E-state index is 13.1. The van der Waals surface area contributed by atoms with Crippen LogP contribution >= 0.6 is 0 Å². The highest BCUT2D eigenvalue weighted by atomic mass is 16.5. The lowest BCUT2D eigenvalue weighted by Crippen LogP contribution is -2.46. The summed E-state index contributed by atoms with van der Waals surface area (Å²) < 4.78 is 17.3. The van der Waals surface area contributed by atoms with E-state index in [2.05, 4.69) is 15.9 Å². The Hall–Kier alpha value is -3.51. The maximum Gasteiger partial charge on any atom is 0.318 e. The van der Waals surface area contributed by atoms with Gasteiger partial charge in [0.1, 0.15) is 23.2 Å². The zero-order valence-corrected chi connectivity index (χ0v) is 19.5. The van der Waals surface area contributed by atoms with Crippen LogP contribution in [0.5, 0.6) is 17.2 Å². The lowest BCUT2D eigenvalue weighted by Gasteiger charge is -2.36. The number of fused-ring (bicyclic) bond motifs is 2. The lowest BCUT2D eigenvalue weighted by atomic mass is 9.88. The Balaban J connectivity index is 1.13. The van der Waals surface area contributed by atoms with E-state index in [4.69, 9.17) is 14.2 Å². The summed E-state index contributed by atoms with van der Waals surface area (Å²) in [5.41, 5.74) is 2.87. The van der Waals surface area contributed by atoms with Crippen molar-refractivity contribution in [1.29, 1.82) is 0 Å². The van der Waals surface area contributed by atoms with Crippen LogP contribution in [0.4, 0.5) is 5.69 Å². The quantitative estimate of drug-likeness (QED) is 0.378. The monoisotopic (exact) mass is 458 g/mol. The van der Waals surface area contributed by atoms with E-state index in [9.17, 15) is 4.79 Å². The summed E-state index contributed by atoms with van der Waals surface area (Å²) in [6, 6.07) is 23.5. The van der Waals surface area contributed by atoms with Crippen molar-refractivity contribution in [3.05, 3.63) is 83.9 Å². The molecule has 0 aromatic heterocycles. The third-order valence-electron chi connectivity index (χ3n) is 6.58. The van der Waals surface area contributed by atoms with Gasteiger partial charge in [-0.05, 0) is 30.7 Å². The fourth-order valence-corrected chi connectivity index (χ4v) is 4.81. The van der Waals surface area contributed by atoms with Crippen LogP contribution in [-0.2, 0) is 9.53 Å². The largest absolute Gasteiger partial charge is 0.495 e. The number of rotatable bonds is 7. The van der Waals surface area contributed by atoms with Crippen LogP contribution in [0.3, 0.4) is 0 Å². The van der Waals surface area contributed by atoms with E-state index in [1.807, 2.05) is 66.7 Å². The molecule has 1 fully saturated rings. The summed E-state index contributed by atoms with van der Waals surface area (Å²) >= 11 is 0. The summed E-state index contributed by atoms with van der Waals surface area (Å²) in [5, 5.41) is 0. The molecule has 0 unspecified atom stereocenters. The molecule has 0 N–H and O–H groups in total. The molecule has 34 heavy (non-hydrogen) atoms. The number of hydrogen-bond acceptors (Lipinski definition) is 6. The molecule has 176 valence electrons. The van der Waals surface area contributed by atoms with Gasteiger partial charge in [0.2, 0.25) is 0 Å². The second-order valence-corrected chi connectivity index (χ2v) is 8.63. The van der Waals surface area contributed by atoms with Crippen molar-refractivity contribution >= 4 is 11.7 Å². The van der Waals surface area contributed by atoms with Crippen LogP contribution in [0, 0.1) is 0 Å². The minimum Gasteiger partial charge on any atom is -0.495 e. The highest BCUT2D eigenvalue weighted by molar-refractivity contribution is 5.85. The van der Waals surface area contributed by atoms with Gasteiger partial charge in [-0.3, -0.25) is 9.69 Å². The van der Waals surface area contributed by atoms with Crippen LogP contribution in [-0.4, -0.2) is 57.3 Å². The molecule has 2 aliphatic rings. The standard InChI is InChI=1S/C28H30N2O4/c1-32-26-14-7-4-11-23(26)30-18-16-29(17-19-30)15-8-20-33-28(31)27-21-9-2-5-12-24(21)34-25-13-6-3-10-22(25)27/h2-7,9-14,27H,8,15-20H2,1H3. The Morgan fingerprint density at radius 2 is 1.50 bits per heavy atom. The molecule has 0 aliphatic carbocycles. The number of ether oxygens (including phenoxy) is 3. The second-order valence-electron chi connectivity index (χ2n) is 8.63. The number of para-hydroxylation sites is 4. The van der Waals surface area contributed by atoms with Crippen LogP contribution in [0.1, 0.15) is 23.5 Å². The minimum absolute atomic E-state index is 0.218. The summed E-state index contributed by atoms with van der Waals surface area (Å²) in [4.78, 5) is 17.9. The van der Waals surface area contributed by atoms with Crippen molar-refractivity contribution in [1.82, 2.24) is 4.90 Å². The number of carbonyl (C=O) groups excluding carboxylic acids is 1. The fourth-order valence-electron chi connectivity index (χ4n) is 4.81. The summed E-state index contributed by atoms with van der Waals surface area (Å²) in [7, 11) is 1.72. The van der Waals surface area contributed by atoms with Gasteiger partial charge in [-0.1, -0.05) is 48.5 Å². The third-order valence-corrected chi connectivity index (χ3v) is 6.58. The normalized spacial score (nSPS) is 15.7. The van der Waals surface area contributed by atoms with Gasteiger partial charge in [-0.25, -0.2) is 0 Å². The molecule has 0 saturated carbocycles. The number of anilines is 1. The summed E-state index contributed by atoms with van der Waals surface area (Å²) in [6.45, 7) is 5.19. The average Bonchev–Trinajstić information content (AvgIpc) is 2.90. The number of esters is 1. The van der Waals surface area contributed by atoms with Crippen molar-refractivity contribution in [3.8, 4) is 17.2 Å². The van der Waals surface area contributed by atoms with Gasteiger partial charge in [0.15, 0.2) is 0 Å². The highest BCUT2D eigenvalue weighted by Crippen LogP contribution is 2.44. The van der Waals surface area contributed by atoms with Gasteiger partial charge in [0.05, 0.1) is 19.4 Å². The van der Waals surface area contributed by atoms with Gasteiger partial charge >= 0.3 is 5.97 Å². The van der Waals surface area contributed by atoms with Gasteiger partial charge in [0.25, 0.3) is 0 Å². The van der Waals surface area contributed by atoms with E-state index >= 15 is 0 Å². The number of hydrogen-bond donors (Lipinski definition) is 0. The van der Waals surface area contributed by atoms with E-state index < -0.39 is 5.92 Å². The molecule has 0 spiro atoms. The molecule has 0 bridgehead atoms. The number of methoxy groups -OCH3 is 1. The van der Waals surface area contributed by atoms with Gasteiger partial charge in [-0.2, -0.15) is 0 Å². The molecule has 5 rings (SSSR count). The van der Waals surface area contributed by atoms with Crippen LogP contribution in [0.15, 0.2) is 72.8 Å². The predicted molar refractivity (Wildman–Crippen MR) is 132 cm³/mol. The fraction of sp³-hybridized carbons (Fsp3) is 0.321. The van der Waals surface area contributed by atoms with Crippen LogP contribution in [0.2, 0.25) is 0 Å². The van der Waals surface area contributed by atoms with Gasteiger partial charge < -0.3 is 19.1 Å². The number of carbonyl (C=O) groups is 1. The molecule has 2 aliphatic heterocycles. The van der Waals surface area contributed by atoms with Crippen molar-refractivity contribution in [3.63, 3.8) is 0 Å². The van der Waals surface area contributed by atoms with E-state index in [0.29, 0.717) is 6.61 Å². The smallest absolute Gasteiger partial charge is 0.318 e. The van der Waals surface area contributed by atoms with Gasteiger partial charge in [0, 0.05) is 43.9 Å². The maximum atomic E-state index is 13.1. The Labute approximate surface area is 200 Å². The van der Waals surface area contributed by atoms with E-state index in [1.165, 1.54) is 0 Å². The predicted octanol–water partition coefficient (Wildman–Crippen LogP) is 4.69. The molecule has 0 atom stereocenters. The first-order valence-electron chi connectivity index (χ1n) is 11.9. The Kier molecular flexibility index (Phi) is 6.67. The van der Waals surface area contributed by atoms with Crippen molar-refractivity contribution in [2.75, 3.05) is 51.3 Å². The first kappa shape index (κ1) is 22.3. The molecule has 2 heterocycles. The molecule has 0 radical (unpaired) electrons. The molecule has 1 saturated heterocycles. The van der Waals surface area contributed by atoms with Crippen LogP contribution in [0.25, 0.3) is 0 Å². The zero-order chi connectivity index (χ0) is 23.3. The molecular weight excluding hydrogens is 428 g/mol. The zero-order valence-electron chi connectivity index (χ0n) is 19.5. The molecule has 6 heteroatoms. The van der Waals surface area contributed by atoms with Gasteiger partial charge in [-0.15, -0.1) is 0 Å². The topological polar surface area (TPSA) is 51.2 Å². The lowest BCUT2D eigenvalue weighted by molar-refractivity contribution is -0.144. The highest BCUT2D eigenvalue weighted by Gasteiger charge is 2.33. The third kappa shape index (κ3) is 4.59.